The van der Waals surface area contributed by atoms with Crippen LogP contribution in [0.15, 0.2) is 72.8 Å². The van der Waals surface area contributed by atoms with Gasteiger partial charge in [-0.3, -0.25) is 9.69 Å². The first kappa shape index (κ1) is 28.8. The third-order valence-electron chi connectivity index (χ3n) is 10.9. The largest absolute Gasteiger partial charge is 0.478 e. The van der Waals surface area contributed by atoms with Gasteiger partial charge in [-0.15, -0.1) is 0 Å². The van der Waals surface area contributed by atoms with Crippen LogP contribution in [0.3, 0.4) is 0 Å². The Morgan fingerprint density at radius 3 is 2.27 bits per heavy atom. The number of carbonyl (C=O) groups excluding carboxylic acids is 1. The number of fused-ring (bicyclic) bond motifs is 3. The molecule has 44 heavy (non-hydrogen) atoms. The molecule has 228 valence electrons. The highest BCUT2D eigenvalue weighted by atomic mass is 16.4. The predicted octanol–water partition coefficient (Wildman–Crippen LogP) is 6.78. The summed E-state index contributed by atoms with van der Waals surface area (Å²) in [5.74, 6) is 0.0378. The average Bonchev–Trinajstić information content (AvgIpc) is 3.50. The molecule has 0 saturated carbocycles. The van der Waals surface area contributed by atoms with E-state index >= 15 is 0 Å². The molecule has 4 heterocycles. The number of piperidine rings is 2. The normalized spacial score (nSPS) is 23.2. The Hall–Kier alpha value is -3.97. The number of likely N-dealkylation sites (tertiary alicyclic amines) is 1. The lowest BCUT2D eigenvalue weighted by Gasteiger charge is -2.46. The number of imidazole rings is 1. The summed E-state index contributed by atoms with van der Waals surface area (Å²) in [5.41, 5.74) is 5.72. The van der Waals surface area contributed by atoms with Crippen LogP contribution in [-0.4, -0.2) is 68.1 Å². The quantitative estimate of drug-likeness (QED) is 0.257. The van der Waals surface area contributed by atoms with Crippen LogP contribution in [0, 0.1) is 13.8 Å². The standard InChI is InChI=1S/C37H42N4O3/c1-25-8-3-4-11-32(25)37(16-19-39(20-17-37)35(42)27-9-7-10-28(22-27)36(43)44)18-21-40-29-14-15-30(40)24-31(23-29)41-26(2)38-33-12-5-6-13-34(33)41/h3-13,22,29-31H,14-21,23-24H2,1-2H3,(H,43,44). The summed E-state index contributed by atoms with van der Waals surface area (Å²) in [6.45, 7) is 6.80. The molecule has 7 heteroatoms. The Labute approximate surface area is 259 Å². The fraction of sp³-hybridized carbons (Fsp3) is 0.432. The smallest absolute Gasteiger partial charge is 0.335 e. The van der Waals surface area contributed by atoms with Crippen LogP contribution >= 0.6 is 0 Å². The van der Waals surface area contributed by atoms with Gasteiger partial charge in [0.25, 0.3) is 5.91 Å². The molecule has 1 N–H and O–H groups in total. The van der Waals surface area contributed by atoms with Gasteiger partial charge in [0.15, 0.2) is 0 Å². The number of aryl methyl sites for hydroxylation is 2. The van der Waals surface area contributed by atoms with Crippen molar-refractivity contribution in [3.63, 3.8) is 0 Å². The molecule has 0 aliphatic carbocycles. The average molecular weight is 591 g/mol. The maximum atomic E-state index is 13.4. The molecule has 1 amide bonds. The number of nitrogens with zero attached hydrogens (tertiary/aromatic N) is 4. The molecule has 1 aromatic heterocycles. The van der Waals surface area contributed by atoms with Gasteiger partial charge in [-0.2, -0.15) is 0 Å². The number of hydrogen-bond donors (Lipinski definition) is 1. The van der Waals surface area contributed by atoms with E-state index in [1.165, 1.54) is 54.5 Å². The first-order valence-electron chi connectivity index (χ1n) is 16.2. The fourth-order valence-electron chi connectivity index (χ4n) is 8.72. The van der Waals surface area contributed by atoms with Crippen molar-refractivity contribution in [3.8, 4) is 0 Å². The van der Waals surface area contributed by atoms with Crippen LogP contribution in [-0.2, 0) is 5.41 Å². The fourth-order valence-corrected chi connectivity index (χ4v) is 8.72. The van der Waals surface area contributed by atoms with Crippen LogP contribution in [0.25, 0.3) is 11.0 Å². The van der Waals surface area contributed by atoms with Gasteiger partial charge in [-0.05, 0) is 107 Å². The van der Waals surface area contributed by atoms with Crippen LogP contribution in [0.2, 0.25) is 0 Å². The van der Waals surface area contributed by atoms with Crippen molar-refractivity contribution < 1.29 is 14.7 Å². The van der Waals surface area contributed by atoms with Gasteiger partial charge in [0.05, 0.1) is 16.6 Å². The van der Waals surface area contributed by atoms with Crippen LogP contribution in [0.1, 0.15) is 88.7 Å². The first-order valence-corrected chi connectivity index (χ1v) is 16.2. The molecule has 2 atom stereocenters. The van der Waals surface area contributed by atoms with Crippen molar-refractivity contribution in [1.82, 2.24) is 19.4 Å². The summed E-state index contributed by atoms with van der Waals surface area (Å²) in [6, 6.07) is 25.5. The lowest BCUT2D eigenvalue weighted by atomic mass is 9.68. The lowest BCUT2D eigenvalue weighted by Crippen LogP contribution is -2.49. The van der Waals surface area contributed by atoms with E-state index in [1.807, 2.05) is 4.90 Å². The van der Waals surface area contributed by atoms with E-state index in [4.69, 9.17) is 4.98 Å². The van der Waals surface area contributed by atoms with E-state index in [-0.39, 0.29) is 16.9 Å². The van der Waals surface area contributed by atoms with Gasteiger partial charge < -0.3 is 14.6 Å². The zero-order valence-electron chi connectivity index (χ0n) is 25.8. The van der Waals surface area contributed by atoms with E-state index in [1.54, 1.807) is 12.1 Å². The zero-order chi connectivity index (χ0) is 30.4. The Bertz CT molecular complexity index is 1690. The van der Waals surface area contributed by atoms with E-state index < -0.39 is 5.97 Å². The van der Waals surface area contributed by atoms with Crippen molar-refractivity contribution in [3.05, 3.63) is 101 Å². The highest BCUT2D eigenvalue weighted by molar-refractivity contribution is 5.97. The van der Waals surface area contributed by atoms with Crippen LogP contribution in [0.5, 0.6) is 0 Å². The second-order valence-corrected chi connectivity index (χ2v) is 13.3. The molecule has 3 aromatic carbocycles. The molecular weight excluding hydrogens is 548 g/mol. The van der Waals surface area contributed by atoms with Crippen LogP contribution < -0.4 is 0 Å². The van der Waals surface area contributed by atoms with Gasteiger partial charge in [-0.1, -0.05) is 42.5 Å². The SMILES string of the molecule is Cc1ccccc1C1(CCN2C3CCC2CC(n2c(C)nc4ccccc42)C3)CCN(C(=O)c2cccc(C(=O)O)c2)CC1. The second kappa shape index (κ2) is 11.5. The van der Waals surface area contributed by atoms with Gasteiger partial charge in [0.2, 0.25) is 0 Å². The summed E-state index contributed by atoms with van der Waals surface area (Å²) in [5, 5.41) is 9.41. The molecular formula is C37H42N4O3. The van der Waals surface area contributed by atoms with Crippen molar-refractivity contribution in [2.75, 3.05) is 19.6 Å². The number of benzene rings is 3. The Kier molecular flexibility index (Phi) is 7.53. The third kappa shape index (κ3) is 5.11. The summed E-state index contributed by atoms with van der Waals surface area (Å²) >= 11 is 0. The molecule has 0 spiro atoms. The van der Waals surface area contributed by atoms with Crippen molar-refractivity contribution in [2.24, 2.45) is 0 Å². The topological polar surface area (TPSA) is 78.7 Å². The number of hydrogen-bond acceptors (Lipinski definition) is 4. The molecule has 0 radical (unpaired) electrons. The van der Waals surface area contributed by atoms with Crippen molar-refractivity contribution in [2.45, 2.75) is 82.3 Å². The number of carboxylic acid groups (broad SMARTS) is 1. The highest BCUT2D eigenvalue weighted by Crippen LogP contribution is 2.45. The minimum Gasteiger partial charge on any atom is -0.478 e. The predicted molar refractivity (Wildman–Crippen MR) is 172 cm³/mol. The molecule has 7 rings (SSSR count). The first-order chi connectivity index (χ1) is 21.3. The Morgan fingerprint density at radius 2 is 1.55 bits per heavy atom. The summed E-state index contributed by atoms with van der Waals surface area (Å²) < 4.78 is 2.51. The monoisotopic (exact) mass is 590 g/mol. The molecule has 4 aromatic rings. The summed E-state index contributed by atoms with van der Waals surface area (Å²) in [4.78, 5) is 34.5. The Balaban J connectivity index is 1.08. The van der Waals surface area contributed by atoms with E-state index in [0.29, 0.717) is 36.8 Å². The van der Waals surface area contributed by atoms with E-state index in [2.05, 4.69) is 71.8 Å². The number of para-hydroxylation sites is 2. The molecule has 3 aliphatic heterocycles. The number of carbonyl (C=O) groups is 2. The molecule has 3 fully saturated rings. The molecule has 7 nitrogen and oxygen atoms in total. The number of aromatic nitrogens is 2. The third-order valence-corrected chi connectivity index (χ3v) is 10.9. The van der Waals surface area contributed by atoms with Crippen molar-refractivity contribution >= 4 is 22.9 Å². The number of aromatic carboxylic acids is 1. The highest BCUT2D eigenvalue weighted by Gasteiger charge is 2.44. The van der Waals surface area contributed by atoms with E-state index in [0.717, 1.165) is 37.1 Å². The van der Waals surface area contributed by atoms with Gasteiger partial charge in [0, 0.05) is 42.2 Å². The molecule has 2 unspecified atom stereocenters. The molecule has 3 saturated heterocycles. The summed E-state index contributed by atoms with van der Waals surface area (Å²) in [6.07, 6.45) is 7.78. The second-order valence-electron chi connectivity index (χ2n) is 13.3. The van der Waals surface area contributed by atoms with Crippen molar-refractivity contribution in [1.29, 1.82) is 0 Å². The zero-order valence-corrected chi connectivity index (χ0v) is 25.8. The van der Waals surface area contributed by atoms with Gasteiger partial charge in [0.1, 0.15) is 5.82 Å². The minimum absolute atomic E-state index is 0.0124. The maximum absolute atomic E-state index is 13.4. The Morgan fingerprint density at radius 1 is 0.864 bits per heavy atom. The number of carboxylic acids is 1. The summed E-state index contributed by atoms with van der Waals surface area (Å²) in [7, 11) is 0. The van der Waals surface area contributed by atoms with Gasteiger partial charge >= 0.3 is 5.97 Å². The maximum Gasteiger partial charge on any atom is 0.335 e. The number of rotatable bonds is 7. The van der Waals surface area contributed by atoms with Gasteiger partial charge in [-0.25, -0.2) is 9.78 Å². The van der Waals surface area contributed by atoms with E-state index in [9.17, 15) is 14.7 Å². The minimum atomic E-state index is -1.01. The molecule has 2 bridgehead atoms. The number of amides is 1. The molecule has 3 aliphatic rings. The van der Waals surface area contributed by atoms with Crippen LogP contribution in [0.4, 0.5) is 0 Å². The lowest BCUT2D eigenvalue weighted by molar-refractivity contribution is 0.0606.